The summed E-state index contributed by atoms with van der Waals surface area (Å²) in [6, 6.07) is 1.70. The van der Waals surface area contributed by atoms with Crippen LogP contribution in [0, 0.1) is 0 Å². The number of alkyl halides is 3. The van der Waals surface area contributed by atoms with Gasteiger partial charge in [0.2, 0.25) is 11.8 Å². The highest BCUT2D eigenvalue weighted by Crippen LogP contribution is 2.58. The lowest BCUT2D eigenvalue weighted by Crippen LogP contribution is -2.28. The van der Waals surface area contributed by atoms with E-state index in [4.69, 9.17) is 10.3 Å². The van der Waals surface area contributed by atoms with Crippen molar-refractivity contribution < 1.29 is 17.7 Å². The zero-order chi connectivity index (χ0) is 23.5. The molecule has 4 N–H and O–H groups in total. The highest BCUT2D eigenvalue weighted by Gasteiger charge is 2.66. The van der Waals surface area contributed by atoms with Gasteiger partial charge in [-0.3, -0.25) is 0 Å². The van der Waals surface area contributed by atoms with Crippen LogP contribution in [0.3, 0.4) is 0 Å². The summed E-state index contributed by atoms with van der Waals surface area (Å²) < 4.78 is 46.8. The molecule has 0 spiro atoms. The molecule has 10 nitrogen and oxygen atoms in total. The van der Waals surface area contributed by atoms with Crippen molar-refractivity contribution in [3.8, 4) is 11.1 Å². The van der Waals surface area contributed by atoms with Crippen molar-refractivity contribution in [2.24, 2.45) is 0 Å². The van der Waals surface area contributed by atoms with Gasteiger partial charge in [-0.25, -0.2) is 19.9 Å². The molecule has 4 aromatic rings. The Balaban J connectivity index is 1.14. The molecule has 0 radical (unpaired) electrons. The average molecular weight is 471 g/mol. The monoisotopic (exact) mass is 471 g/mol. The SMILES string of the molecule is Nc1ncnc2c1c(-c1cnc(NCNc3cc(C4(C(F)(F)F)CC4)no3)nc1)cn2C1CC1. The number of nitrogen functional groups attached to an aromatic ring is 1. The number of rotatable bonds is 7. The molecule has 0 amide bonds. The maximum atomic E-state index is 13.2. The number of halogens is 3. The minimum atomic E-state index is -4.34. The summed E-state index contributed by atoms with van der Waals surface area (Å²) in [5.41, 5.74) is 6.58. The second kappa shape index (κ2) is 7.30. The van der Waals surface area contributed by atoms with Gasteiger partial charge in [0.1, 0.15) is 28.9 Å². The molecule has 34 heavy (non-hydrogen) atoms. The first-order chi connectivity index (χ1) is 16.4. The van der Waals surface area contributed by atoms with Gasteiger partial charge in [0.25, 0.3) is 0 Å². The first-order valence-corrected chi connectivity index (χ1v) is 10.8. The van der Waals surface area contributed by atoms with Crippen molar-refractivity contribution in [2.75, 3.05) is 23.0 Å². The number of aromatic nitrogens is 6. The summed E-state index contributed by atoms with van der Waals surface area (Å²) in [6.07, 6.45) is 4.72. The van der Waals surface area contributed by atoms with E-state index >= 15 is 0 Å². The Hall–Kier alpha value is -3.90. The Morgan fingerprint density at radius 2 is 1.88 bits per heavy atom. The summed E-state index contributed by atoms with van der Waals surface area (Å²) in [6.45, 7) is 0.134. The molecule has 0 aliphatic heterocycles. The summed E-state index contributed by atoms with van der Waals surface area (Å²) in [4.78, 5) is 17.2. The Kier molecular flexibility index (Phi) is 4.44. The van der Waals surface area contributed by atoms with Gasteiger partial charge in [-0.05, 0) is 25.7 Å². The average Bonchev–Trinajstić information content (AvgIpc) is 3.73. The van der Waals surface area contributed by atoms with E-state index in [9.17, 15) is 13.2 Å². The largest absolute Gasteiger partial charge is 0.400 e. The molecule has 2 aliphatic rings. The van der Waals surface area contributed by atoms with Crippen molar-refractivity contribution in [3.05, 3.63) is 36.7 Å². The second-order valence-corrected chi connectivity index (χ2v) is 8.62. The molecule has 2 fully saturated rings. The minimum absolute atomic E-state index is 0.0258. The van der Waals surface area contributed by atoms with Crippen LogP contribution in [0.25, 0.3) is 22.2 Å². The van der Waals surface area contributed by atoms with Crippen LogP contribution in [-0.2, 0) is 5.41 Å². The van der Waals surface area contributed by atoms with E-state index in [0.717, 1.165) is 35.0 Å². The molecule has 2 saturated carbocycles. The van der Waals surface area contributed by atoms with Crippen LogP contribution in [0.15, 0.2) is 35.5 Å². The molecular formula is C21H20F3N9O. The topological polar surface area (TPSA) is 133 Å². The van der Waals surface area contributed by atoms with Crippen molar-refractivity contribution in [2.45, 2.75) is 43.3 Å². The standard InChI is InChI=1S/C21H20F3N9O/c22-21(23,24)20(3-4-20)14-5-15(34-32-14)28-9-31-19-26-6-11(7-27-19)13-8-33(12-1-2-12)18-16(13)17(25)29-10-30-18/h5-8,10,12,28H,1-4,9H2,(H2,25,29,30)(H,26,27,31). The summed E-state index contributed by atoms with van der Waals surface area (Å²) >= 11 is 0. The molecule has 4 heterocycles. The highest BCUT2D eigenvalue weighted by molar-refractivity contribution is 6.00. The summed E-state index contributed by atoms with van der Waals surface area (Å²) in [7, 11) is 0. The molecule has 0 aromatic carbocycles. The van der Waals surface area contributed by atoms with Crippen LogP contribution in [0.5, 0.6) is 0 Å². The van der Waals surface area contributed by atoms with Crippen molar-refractivity contribution in [3.63, 3.8) is 0 Å². The Labute approximate surface area is 190 Å². The van der Waals surface area contributed by atoms with Gasteiger partial charge in [-0.1, -0.05) is 5.16 Å². The van der Waals surface area contributed by atoms with Crippen molar-refractivity contribution in [1.29, 1.82) is 0 Å². The van der Waals surface area contributed by atoms with E-state index in [1.165, 1.54) is 12.4 Å². The van der Waals surface area contributed by atoms with E-state index in [1.54, 1.807) is 12.4 Å². The molecule has 176 valence electrons. The molecule has 0 atom stereocenters. The smallest absolute Gasteiger partial charge is 0.383 e. The predicted molar refractivity (Wildman–Crippen MR) is 117 cm³/mol. The molecule has 6 rings (SSSR count). The molecule has 0 unspecified atom stereocenters. The molecular weight excluding hydrogens is 451 g/mol. The lowest BCUT2D eigenvalue weighted by molar-refractivity contribution is -0.161. The fourth-order valence-corrected chi connectivity index (χ4v) is 4.12. The third kappa shape index (κ3) is 3.38. The van der Waals surface area contributed by atoms with E-state index in [2.05, 4.69) is 40.3 Å². The number of fused-ring (bicyclic) bond motifs is 1. The third-order valence-corrected chi connectivity index (χ3v) is 6.34. The molecule has 2 aliphatic carbocycles. The number of nitrogens with two attached hydrogens (primary N) is 1. The number of hydrogen-bond donors (Lipinski definition) is 3. The number of hydrogen-bond acceptors (Lipinski definition) is 9. The highest BCUT2D eigenvalue weighted by atomic mass is 19.4. The van der Waals surface area contributed by atoms with Gasteiger partial charge in [0.05, 0.1) is 12.1 Å². The van der Waals surface area contributed by atoms with Gasteiger partial charge in [0.15, 0.2) is 0 Å². The third-order valence-electron chi connectivity index (χ3n) is 6.34. The van der Waals surface area contributed by atoms with E-state index < -0.39 is 11.6 Å². The van der Waals surface area contributed by atoms with Gasteiger partial charge in [0, 0.05) is 41.8 Å². The maximum absolute atomic E-state index is 13.2. The van der Waals surface area contributed by atoms with Crippen molar-refractivity contribution in [1.82, 2.24) is 29.7 Å². The van der Waals surface area contributed by atoms with Gasteiger partial charge < -0.3 is 25.5 Å². The van der Waals surface area contributed by atoms with E-state index in [1.807, 2.05) is 6.20 Å². The lowest BCUT2D eigenvalue weighted by Gasteiger charge is -2.15. The number of anilines is 3. The van der Waals surface area contributed by atoms with Crippen molar-refractivity contribution >= 4 is 28.7 Å². The van der Waals surface area contributed by atoms with Crippen LogP contribution in [0.2, 0.25) is 0 Å². The molecule has 0 bridgehead atoms. The normalized spacial score (nSPS) is 17.1. The molecule has 0 saturated heterocycles. The van der Waals surface area contributed by atoms with Gasteiger partial charge in [-0.2, -0.15) is 13.2 Å². The zero-order valence-corrected chi connectivity index (χ0v) is 17.8. The number of nitrogens with one attached hydrogen (secondary N) is 2. The Morgan fingerprint density at radius 3 is 2.56 bits per heavy atom. The predicted octanol–water partition coefficient (Wildman–Crippen LogP) is 3.87. The Morgan fingerprint density at radius 1 is 1.12 bits per heavy atom. The van der Waals surface area contributed by atoms with E-state index in [-0.39, 0.29) is 31.1 Å². The minimum Gasteiger partial charge on any atom is -0.383 e. The van der Waals surface area contributed by atoms with Crippen LogP contribution in [-0.4, -0.2) is 42.5 Å². The fourth-order valence-electron chi connectivity index (χ4n) is 4.12. The van der Waals surface area contributed by atoms with E-state index in [0.29, 0.717) is 17.8 Å². The number of nitrogens with zero attached hydrogens (tertiary/aromatic N) is 6. The first kappa shape index (κ1) is 20.7. The molecule has 4 aromatic heterocycles. The van der Waals surface area contributed by atoms with Crippen LogP contribution >= 0.6 is 0 Å². The second-order valence-electron chi connectivity index (χ2n) is 8.62. The summed E-state index contributed by atoms with van der Waals surface area (Å²) in [5, 5.41) is 10.2. The van der Waals surface area contributed by atoms with Gasteiger partial charge in [-0.15, -0.1) is 0 Å². The first-order valence-electron chi connectivity index (χ1n) is 10.8. The van der Waals surface area contributed by atoms with Gasteiger partial charge >= 0.3 is 6.18 Å². The van der Waals surface area contributed by atoms with Crippen LogP contribution < -0.4 is 16.4 Å². The molecule has 13 heteroatoms. The summed E-state index contributed by atoms with van der Waals surface area (Å²) in [5.74, 6) is 0.869. The lowest BCUT2D eigenvalue weighted by atomic mass is 10.0. The fraction of sp³-hybridized carbons (Fsp3) is 0.381. The zero-order valence-electron chi connectivity index (χ0n) is 17.8. The van der Waals surface area contributed by atoms with Crippen LogP contribution in [0.4, 0.5) is 30.8 Å². The maximum Gasteiger partial charge on any atom is 0.400 e. The van der Waals surface area contributed by atoms with Crippen LogP contribution in [0.1, 0.15) is 37.4 Å². The Bertz CT molecular complexity index is 1350. The quantitative estimate of drug-likeness (QED) is 0.344.